The van der Waals surface area contributed by atoms with Gasteiger partial charge in [-0.3, -0.25) is 4.79 Å². The molecule has 0 aliphatic carbocycles. The van der Waals surface area contributed by atoms with E-state index in [1.807, 2.05) is 0 Å². The number of aliphatic hydroxyl groups excluding tert-OH is 1. The lowest BCUT2D eigenvalue weighted by molar-refractivity contribution is -0.149. The van der Waals surface area contributed by atoms with Gasteiger partial charge in [0.25, 0.3) is 0 Å². The number of halogens is 2. The molecule has 0 saturated carbocycles. The molecular formula is C12H13ClFNO4. The number of esters is 1. The first-order chi connectivity index (χ1) is 9.02. The highest BCUT2D eigenvalue weighted by atomic mass is 35.5. The fourth-order valence-electron chi connectivity index (χ4n) is 1.55. The summed E-state index contributed by atoms with van der Waals surface area (Å²) >= 11 is 5.78. The van der Waals surface area contributed by atoms with Gasteiger partial charge < -0.3 is 15.2 Å². The van der Waals surface area contributed by atoms with Crippen LogP contribution in [-0.2, 0) is 14.3 Å². The van der Waals surface area contributed by atoms with Crippen molar-refractivity contribution in [2.24, 2.45) is 0 Å². The molecule has 1 aromatic carbocycles. The van der Waals surface area contributed by atoms with Crippen LogP contribution in [0.25, 0.3) is 0 Å². The minimum absolute atomic E-state index is 0.0468. The molecule has 19 heavy (non-hydrogen) atoms. The largest absolute Gasteiger partial charge is 0.464 e. The number of carbonyl (C=O) groups excluding carboxylic acids is 2. The summed E-state index contributed by atoms with van der Waals surface area (Å²) in [6.07, 6.45) is -1.42. The van der Waals surface area contributed by atoms with Crippen LogP contribution in [0.2, 0.25) is 5.02 Å². The Hall–Kier alpha value is -1.66. The minimum atomic E-state index is -1.64. The summed E-state index contributed by atoms with van der Waals surface area (Å²) in [4.78, 5) is 22.1. The number of hydrogen-bond acceptors (Lipinski definition) is 4. The highest BCUT2D eigenvalue weighted by Gasteiger charge is 2.32. The van der Waals surface area contributed by atoms with Crippen LogP contribution in [-0.4, -0.2) is 30.1 Å². The summed E-state index contributed by atoms with van der Waals surface area (Å²) in [5.74, 6) is -1.65. The van der Waals surface area contributed by atoms with E-state index < -0.39 is 23.9 Å². The number of amides is 1. The standard InChI is InChI=1S/C12H13ClFNO4/c1-2-19-12(18)10(15-6-16)11(17)9-7(13)4-3-5-8(9)14/h3-6,10-11,17H,2H2,1H3,(H,15,16). The molecule has 0 aromatic heterocycles. The lowest BCUT2D eigenvalue weighted by atomic mass is 10.0. The van der Waals surface area contributed by atoms with E-state index in [0.717, 1.165) is 6.07 Å². The van der Waals surface area contributed by atoms with E-state index in [9.17, 15) is 19.1 Å². The third-order valence-electron chi connectivity index (χ3n) is 2.40. The van der Waals surface area contributed by atoms with Gasteiger partial charge >= 0.3 is 5.97 Å². The molecule has 0 heterocycles. The Kier molecular flexibility index (Phi) is 5.72. The van der Waals surface area contributed by atoms with Gasteiger partial charge in [-0.2, -0.15) is 0 Å². The Balaban J connectivity index is 3.08. The summed E-state index contributed by atoms with van der Waals surface area (Å²) < 4.78 is 18.3. The van der Waals surface area contributed by atoms with E-state index in [4.69, 9.17) is 16.3 Å². The number of carbonyl (C=O) groups is 2. The molecule has 2 unspecified atom stereocenters. The van der Waals surface area contributed by atoms with Crippen LogP contribution < -0.4 is 5.32 Å². The van der Waals surface area contributed by atoms with Crippen molar-refractivity contribution in [2.45, 2.75) is 19.1 Å². The highest BCUT2D eigenvalue weighted by Crippen LogP contribution is 2.28. The van der Waals surface area contributed by atoms with Crippen molar-refractivity contribution in [3.63, 3.8) is 0 Å². The fourth-order valence-corrected chi connectivity index (χ4v) is 1.83. The van der Waals surface area contributed by atoms with E-state index in [1.54, 1.807) is 6.92 Å². The Labute approximate surface area is 114 Å². The number of nitrogens with one attached hydrogen (secondary N) is 1. The molecule has 5 nitrogen and oxygen atoms in total. The van der Waals surface area contributed by atoms with Crippen LogP contribution in [0.4, 0.5) is 4.39 Å². The van der Waals surface area contributed by atoms with Gasteiger partial charge in [0.2, 0.25) is 6.41 Å². The Morgan fingerprint density at radius 2 is 2.32 bits per heavy atom. The Morgan fingerprint density at radius 3 is 2.84 bits per heavy atom. The van der Waals surface area contributed by atoms with Gasteiger partial charge in [-0.1, -0.05) is 17.7 Å². The van der Waals surface area contributed by atoms with Crippen molar-refractivity contribution in [3.05, 3.63) is 34.6 Å². The predicted octanol–water partition coefficient (Wildman–Crippen LogP) is 1.19. The zero-order valence-corrected chi connectivity index (χ0v) is 10.9. The number of aliphatic hydroxyl groups is 1. The summed E-state index contributed by atoms with van der Waals surface area (Å²) in [6.45, 7) is 1.63. The maximum atomic E-state index is 13.6. The second-order valence-electron chi connectivity index (χ2n) is 3.59. The lowest BCUT2D eigenvalue weighted by Gasteiger charge is -2.22. The molecule has 0 fully saturated rings. The average molecular weight is 290 g/mol. The van der Waals surface area contributed by atoms with Crippen LogP contribution in [0.1, 0.15) is 18.6 Å². The number of rotatable bonds is 6. The lowest BCUT2D eigenvalue weighted by Crippen LogP contribution is -2.42. The molecule has 0 bridgehead atoms. The van der Waals surface area contributed by atoms with Crippen molar-refractivity contribution >= 4 is 24.0 Å². The Morgan fingerprint density at radius 1 is 1.63 bits per heavy atom. The van der Waals surface area contributed by atoms with E-state index >= 15 is 0 Å². The van der Waals surface area contributed by atoms with Crippen molar-refractivity contribution < 1.29 is 23.8 Å². The summed E-state index contributed by atoms with van der Waals surface area (Å²) in [6, 6.07) is 2.40. The van der Waals surface area contributed by atoms with Gasteiger partial charge in [-0.25, -0.2) is 9.18 Å². The van der Waals surface area contributed by atoms with Crippen LogP contribution in [0.15, 0.2) is 18.2 Å². The molecule has 2 atom stereocenters. The molecular weight excluding hydrogens is 277 g/mol. The van der Waals surface area contributed by atoms with E-state index in [2.05, 4.69) is 5.32 Å². The van der Waals surface area contributed by atoms with Gasteiger partial charge in [0.15, 0.2) is 6.04 Å². The number of ether oxygens (including phenoxy) is 1. The molecule has 0 aliphatic heterocycles. The summed E-state index contributed by atoms with van der Waals surface area (Å²) in [5.41, 5.74) is -0.267. The molecule has 1 aromatic rings. The second-order valence-corrected chi connectivity index (χ2v) is 4.00. The van der Waals surface area contributed by atoms with Crippen molar-refractivity contribution in [1.29, 1.82) is 0 Å². The summed E-state index contributed by atoms with van der Waals surface area (Å²) in [7, 11) is 0. The van der Waals surface area contributed by atoms with E-state index in [0.29, 0.717) is 0 Å². The van der Waals surface area contributed by atoms with Gasteiger partial charge in [-0.05, 0) is 19.1 Å². The molecule has 0 saturated heterocycles. The maximum Gasteiger partial charge on any atom is 0.331 e. The zero-order valence-electron chi connectivity index (χ0n) is 10.1. The highest BCUT2D eigenvalue weighted by molar-refractivity contribution is 6.31. The van der Waals surface area contributed by atoms with Crippen LogP contribution in [0.5, 0.6) is 0 Å². The molecule has 1 rings (SSSR count). The average Bonchev–Trinajstić information content (AvgIpc) is 2.35. The fraction of sp³-hybridized carbons (Fsp3) is 0.333. The monoisotopic (exact) mass is 289 g/mol. The van der Waals surface area contributed by atoms with Gasteiger partial charge in [0, 0.05) is 10.6 Å². The smallest absolute Gasteiger partial charge is 0.331 e. The van der Waals surface area contributed by atoms with Gasteiger partial charge in [0.1, 0.15) is 11.9 Å². The quantitative estimate of drug-likeness (QED) is 0.609. The molecule has 104 valence electrons. The normalized spacial score (nSPS) is 13.5. The predicted molar refractivity (Wildman–Crippen MR) is 66.0 cm³/mol. The molecule has 0 aliphatic rings. The number of benzene rings is 1. The van der Waals surface area contributed by atoms with E-state index in [1.165, 1.54) is 12.1 Å². The molecule has 0 radical (unpaired) electrons. The maximum absolute atomic E-state index is 13.6. The summed E-state index contributed by atoms with van der Waals surface area (Å²) in [5, 5.41) is 12.1. The minimum Gasteiger partial charge on any atom is -0.464 e. The van der Waals surface area contributed by atoms with Gasteiger partial charge in [0.05, 0.1) is 6.61 Å². The first-order valence-corrected chi connectivity index (χ1v) is 5.89. The zero-order chi connectivity index (χ0) is 14.4. The van der Waals surface area contributed by atoms with Gasteiger partial charge in [-0.15, -0.1) is 0 Å². The molecule has 2 N–H and O–H groups in total. The van der Waals surface area contributed by atoms with E-state index in [-0.39, 0.29) is 23.6 Å². The van der Waals surface area contributed by atoms with Crippen LogP contribution in [0, 0.1) is 5.82 Å². The second kappa shape index (κ2) is 7.06. The third kappa shape index (κ3) is 3.65. The topological polar surface area (TPSA) is 75.6 Å². The van der Waals surface area contributed by atoms with Crippen molar-refractivity contribution in [2.75, 3.05) is 6.61 Å². The Bertz CT molecular complexity index is 449. The first-order valence-electron chi connectivity index (χ1n) is 5.51. The van der Waals surface area contributed by atoms with Crippen LogP contribution >= 0.6 is 11.6 Å². The third-order valence-corrected chi connectivity index (χ3v) is 2.73. The van der Waals surface area contributed by atoms with Crippen molar-refractivity contribution in [3.8, 4) is 0 Å². The molecule has 0 spiro atoms. The first kappa shape index (κ1) is 15.4. The van der Waals surface area contributed by atoms with Crippen LogP contribution in [0.3, 0.4) is 0 Å². The number of hydrogen-bond donors (Lipinski definition) is 2. The molecule has 1 amide bonds. The SMILES string of the molecule is CCOC(=O)C(NC=O)C(O)c1c(F)cccc1Cl. The van der Waals surface area contributed by atoms with Crippen molar-refractivity contribution in [1.82, 2.24) is 5.32 Å². The molecule has 7 heteroatoms.